The maximum Gasteiger partial charge on any atom is 0.134 e. The van der Waals surface area contributed by atoms with Crippen molar-refractivity contribution < 1.29 is 4.42 Å². The predicted octanol–water partition coefficient (Wildman–Crippen LogP) is 2.84. The maximum absolute atomic E-state index is 5.78. The Kier molecular flexibility index (Phi) is 1.89. The summed E-state index contributed by atoms with van der Waals surface area (Å²) in [6, 6.07) is 6.17. The van der Waals surface area contributed by atoms with E-state index in [1.807, 2.05) is 12.1 Å². The molecule has 1 aromatic carbocycles. The molecule has 0 fully saturated rings. The van der Waals surface area contributed by atoms with Crippen LogP contribution in [0.3, 0.4) is 0 Å². The van der Waals surface area contributed by atoms with Gasteiger partial charge in [-0.3, -0.25) is 0 Å². The van der Waals surface area contributed by atoms with Crippen LogP contribution in [0.1, 0.15) is 11.3 Å². The van der Waals surface area contributed by atoms with E-state index < -0.39 is 0 Å². The van der Waals surface area contributed by atoms with E-state index in [9.17, 15) is 0 Å². The van der Waals surface area contributed by atoms with Gasteiger partial charge in [0.05, 0.1) is 0 Å². The Balaban J connectivity index is 2.32. The lowest BCUT2D eigenvalue weighted by Crippen LogP contribution is -2.22. The first-order valence-electron chi connectivity index (χ1n) is 4.75. The molecule has 2 aromatic rings. The molecule has 1 N–H and O–H groups in total. The lowest BCUT2D eigenvalue weighted by Gasteiger charge is -2.10. The highest BCUT2D eigenvalue weighted by Crippen LogP contribution is 2.30. The van der Waals surface area contributed by atoms with E-state index in [1.165, 1.54) is 10.9 Å². The van der Waals surface area contributed by atoms with Crippen molar-refractivity contribution in [1.29, 1.82) is 0 Å². The van der Waals surface area contributed by atoms with Crippen LogP contribution in [-0.2, 0) is 13.0 Å². The lowest BCUT2D eigenvalue weighted by atomic mass is 10.1. The Bertz CT molecular complexity index is 489. The van der Waals surface area contributed by atoms with Crippen LogP contribution in [0.15, 0.2) is 27.1 Å². The summed E-state index contributed by atoms with van der Waals surface area (Å²) >= 11 is 3.48. The Morgan fingerprint density at radius 1 is 1.36 bits per heavy atom. The number of hydrogen-bond donors (Lipinski definition) is 1. The fourth-order valence-corrected chi connectivity index (χ4v) is 2.34. The van der Waals surface area contributed by atoms with Gasteiger partial charge in [0.1, 0.15) is 11.3 Å². The van der Waals surface area contributed by atoms with Crippen molar-refractivity contribution >= 4 is 26.9 Å². The van der Waals surface area contributed by atoms with E-state index >= 15 is 0 Å². The second kappa shape index (κ2) is 3.11. The SMILES string of the molecule is Brc1ccc2oc3c(c2c1)CNCC3. The largest absolute Gasteiger partial charge is 0.461 e. The van der Waals surface area contributed by atoms with Gasteiger partial charge in [0.15, 0.2) is 0 Å². The van der Waals surface area contributed by atoms with Gasteiger partial charge in [-0.25, -0.2) is 0 Å². The number of nitrogens with one attached hydrogen (secondary N) is 1. The Morgan fingerprint density at radius 2 is 2.29 bits per heavy atom. The molecule has 14 heavy (non-hydrogen) atoms. The number of furan rings is 1. The molecular formula is C11H10BrNO. The number of halogens is 1. The van der Waals surface area contributed by atoms with Crippen LogP contribution in [0, 0.1) is 0 Å². The molecule has 0 aliphatic carbocycles. The van der Waals surface area contributed by atoms with Gasteiger partial charge in [0.25, 0.3) is 0 Å². The second-order valence-electron chi connectivity index (χ2n) is 3.57. The fraction of sp³-hybridized carbons (Fsp3) is 0.273. The monoisotopic (exact) mass is 251 g/mol. The van der Waals surface area contributed by atoms with Crippen molar-refractivity contribution in [3.8, 4) is 0 Å². The molecule has 2 heterocycles. The van der Waals surface area contributed by atoms with Crippen LogP contribution in [-0.4, -0.2) is 6.54 Å². The zero-order chi connectivity index (χ0) is 9.54. The standard InChI is InChI=1S/C11H10BrNO/c12-7-1-2-10-8(5-7)9-6-13-4-3-11(9)14-10/h1-2,5,13H,3-4,6H2. The molecule has 0 saturated heterocycles. The summed E-state index contributed by atoms with van der Waals surface area (Å²) in [5.41, 5.74) is 2.33. The molecule has 3 heteroatoms. The summed E-state index contributed by atoms with van der Waals surface area (Å²) in [4.78, 5) is 0. The number of rotatable bonds is 0. The molecule has 3 rings (SSSR count). The average Bonchev–Trinajstić information content (AvgIpc) is 2.56. The van der Waals surface area contributed by atoms with Crippen LogP contribution in [0.5, 0.6) is 0 Å². The third-order valence-electron chi connectivity index (χ3n) is 2.67. The van der Waals surface area contributed by atoms with Gasteiger partial charge < -0.3 is 9.73 Å². The van der Waals surface area contributed by atoms with Crippen LogP contribution in [0.4, 0.5) is 0 Å². The topological polar surface area (TPSA) is 25.2 Å². The number of hydrogen-bond acceptors (Lipinski definition) is 2. The summed E-state index contributed by atoms with van der Waals surface area (Å²) in [5, 5.41) is 4.60. The molecule has 0 amide bonds. The number of benzene rings is 1. The molecule has 0 radical (unpaired) electrons. The second-order valence-corrected chi connectivity index (χ2v) is 4.49. The molecule has 2 nitrogen and oxygen atoms in total. The molecule has 72 valence electrons. The molecule has 0 atom stereocenters. The Labute approximate surface area is 90.4 Å². The zero-order valence-corrected chi connectivity index (χ0v) is 9.23. The maximum atomic E-state index is 5.78. The number of fused-ring (bicyclic) bond motifs is 3. The smallest absolute Gasteiger partial charge is 0.134 e. The third kappa shape index (κ3) is 1.20. The molecule has 1 aliphatic heterocycles. The first-order valence-corrected chi connectivity index (χ1v) is 5.54. The molecule has 0 unspecified atom stereocenters. The molecular weight excluding hydrogens is 242 g/mol. The molecule has 0 spiro atoms. The zero-order valence-electron chi connectivity index (χ0n) is 7.64. The van der Waals surface area contributed by atoms with E-state index in [1.54, 1.807) is 0 Å². The van der Waals surface area contributed by atoms with Gasteiger partial charge >= 0.3 is 0 Å². The van der Waals surface area contributed by atoms with Crippen molar-refractivity contribution in [2.45, 2.75) is 13.0 Å². The van der Waals surface area contributed by atoms with Crippen LogP contribution in [0.2, 0.25) is 0 Å². The highest BCUT2D eigenvalue weighted by molar-refractivity contribution is 9.10. The van der Waals surface area contributed by atoms with Gasteiger partial charge in [-0.05, 0) is 18.2 Å². The highest BCUT2D eigenvalue weighted by Gasteiger charge is 2.16. The normalized spacial score (nSPS) is 15.8. The molecule has 0 bridgehead atoms. The minimum absolute atomic E-state index is 0.929. The average molecular weight is 252 g/mol. The van der Waals surface area contributed by atoms with E-state index in [0.717, 1.165) is 35.3 Å². The third-order valence-corrected chi connectivity index (χ3v) is 3.16. The van der Waals surface area contributed by atoms with E-state index in [-0.39, 0.29) is 0 Å². The van der Waals surface area contributed by atoms with Gasteiger partial charge in [-0.2, -0.15) is 0 Å². The first-order chi connectivity index (χ1) is 6.84. The van der Waals surface area contributed by atoms with Gasteiger partial charge in [-0.1, -0.05) is 15.9 Å². The Hall–Kier alpha value is -0.800. The van der Waals surface area contributed by atoms with Crippen molar-refractivity contribution in [2.75, 3.05) is 6.54 Å². The summed E-state index contributed by atoms with van der Waals surface area (Å²) in [5.74, 6) is 1.15. The predicted molar refractivity (Wildman–Crippen MR) is 59.3 cm³/mol. The van der Waals surface area contributed by atoms with Gasteiger partial charge in [0, 0.05) is 34.9 Å². The van der Waals surface area contributed by atoms with Crippen molar-refractivity contribution in [3.63, 3.8) is 0 Å². The van der Waals surface area contributed by atoms with Crippen molar-refractivity contribution in [2.24, 2.45) is 0 Å². The molecule has 1 aromatic heterocycles. The molecule has 1 aliphatic rings. The van der Waals surface area contributed by atoms with Gasteiger partial charge in [0.2, 0.25) is 0 Å². The Morgan fingerprint density at radius 3 is 3.21 bits per heavy atom. The minimum atomic E-state index is 0.929. The quantitative estimate of drug-likeness (QED) is 0.779. The first kappa shape index (κ1) is 8.50. The summed E-state index contributed by atoms with van der Waals surface area (Å²) in [7, 11) is 0. The minimum Gasteiger partial charge on any atom is -0.461 e. The lowest BCUT2D eigenvalue weighted by molar-refractivity contribution is 0.500. The summed E-state index contributed by atoms with van der Waals surface area (Å²) < 4.78 is 6.89. The summed E-state index contributed by atoms with van der Waals surface area (Å²) in [6.45, 7) is 1.95. The van der Waals surface area contributed by atoms with E-state index in [4.69, 9.17) is 4.42 Å². The summed E-state index contributed by atoms with van der Waals surface area (Å²) in [6.07, 6.45) is 1.00. The van der Waals surface area contributed by atoms with E-state index in [0.29, 0.717) is 0 Å². The fourth-order valence-electron chi connectivity index (χ4n) is 1.98. The van der Waals surface area contributed by atoms with Crippen LogP contribution in [0.25, 0.3) is 11.0 Å². The van der Waals surface area contributed by atoms with Crippen molar-refractivity contribution in [1.82, 2.24) is 5.32 Å². The van der Waals surface area contributed by atoms with E-state index in [2.05, 4.69) is 27.3 Å². The van der Waals surface area contributed by atoms with Crippen LogP contribution >= 0.6 is 15.9 Å². The van der Waals surface area contributed by atoms with Gasteiger partial charge in [-0.15, -0.1) is 0 Å². The highest BCUT2D eigenvalue weighted by atomic mass is 79.9. The molecule has 0 saturated carbocycles. The van der Waals surface area contributed by atoms with Crippen LogP contribution < -0.4 is 5.32 Å². The van der Waals surface area contributed by atoms with Crippen molar-refractivity contribution in [3.05, 3.63) is 34.0 Å².